The van der Waals surface area contributed by atoms with Crippen molar-refractivity contribution >= 4 is 5.91 Å². The predicted molar refractivity (Wildman–Crippen MR) is 72.6 cm³/mol. The lowest BCUT2D eigenvalue weighted by atomic mass is 9.85. The van der Waals surface area contributed by atoms with Gasteiger partial charge in [-0.1, -0.05) is 20.8 Å². The lowest BCUT2D eigenvalue weighted by molar-refractivity contribution is -0.304. The van der Waals surface area contributed by atoms with E-state index in [9.17, 15) is 9.90 Å². The van der Waals surface area contributed by atoms with Crippen molar-refractivity contribution in [1.82, 2.24) is 5.32 Å². The third-order valence-electron chi connectivity index (χ3n) is 3.39. The maximum atomic E-state index is 12.2. The van der Waals surface area contributed by atoms with Gasteiger partial charge in [0.15, 0.2) is 5.79 Å². The summed E-state index contributed by atoms with van der Waals surface area (Å²) in [5.41, 5.74) is -0.358. The minimum atomic E-state index is -0.736. The summed E-state index contributed by atoms with van der Waals surface area (Å²) >= 11 is 0. The standard InChI is InChI=1S/C14H27NO4/c1-6-10(16)7-8-15-12(17)11-13(2,3)9-18-14(4,5)19-11/h10-11,16H,6-9H2,1-5H3,(H,15,17)/t10-,11-/m0/s1. The number of nitrogens with one attached hydrogen (secondary N) is 1. The zero-order valence-corrected chi connectivity index (χ0v) is 12.7. The number of aliphatic hydroxyl groups is 1. The molecule has 0 saturated carbocycles. The zero-order valence-electron chi connectivity index (χ0n) is 12.7. The number of carbonyl (C=O) groups excluding carboxylic acids is 1. The number of rotatable bonds is 5. The minimum Gasteiger partial charge on any atom is -0.393 e. The van der Waals surface area contributed by atoms with Gasteiger partial charge in [0.1, 0.15) is 6.10 Å². The molecule has 0 unspecified atom stereocenters. The van der Waals surface area contributed by atoms with Gasteiger partial charge in [0.25, 0.3) is 0 Å². The summed E-state index contributed by atoms with van der Waals surface area (Å²) in [7, 11) is 0. The third kappa shape index (κ3) is 4.75. The number of aliphatic hydroxyl groups excluding tert-OH is 1. The fraction of sp³-hybridized carbons (Fsp3) is 0.929. The van der Waals surface area contributed by atoms with Crippen LogP contribution in [0.1, 0.15) is 47.5 Å². The van der Waals surface area contributed by atoms with Crippen molar-refractivity contribution in [1.29, 1.82) is 0 Å². The Balaban J connectivity index is 2.53. The van der Waals surface area contributed by atoms with Crippen LogP contribution in [-0.2, 0) is 14.3 Å². The Morgan fingerprint density at radius 2 is 2.05 bits per heavy atom. The molecule has 1 rings (SSSR count). The number of ether oxygens (including phenoxy) is 2. The van der Waals surface area contributed by atoms with Gasteiger partial charge in [-0.15, -0.1) is 0 Å². The van der Waals surface area contributed by atoms with E-state index in [0.717, 1.165) is 0 Å². The molecular weight excluding hydrogens is 246 g/mol. The Labute approximate surface area is 115 Å². The maximum Gasteiger partial charge on any atom is 0.249 e. The first-order chi connectivity index (χ1) is 8.68. The second-order valence-corrected chi connectivity index (χ2v) is 6.32. The average molecular weight is 273 g/mol. The molecule has 19 heavy (non-hydrogen) atoms. The quantitative estimate of drug-likeness (QED) is 0.795. The van der Waals surface area contributed by atoms with Crippen LogP contribution in [0.5, 0.6) is 0 Å². The van der Waals surface area contributed by atoms with Gasteiger partial charge >= 0.3 is 0 Å². The first-order valence-electron chi connectivity index (χ1n) is 6.95. The van der Waals surface area contributed by atoms with Crippen LogP contribution in [0, 0.1) is 5.41 Å². The van der Waals surface area contributed by atoms with E-state index >= 15 is 0 Å². The van der Waals surface area contributed by atoms with Crippen molar-refractivity contribution in [2.45, 2.75) is 65.5 Å². The highest BCUT2D eigenvalue weighted by Crippen LogP contribution is 2.34. The van der Waals surface area contributed by atoms with E-state index in [4.69, 9.17) is 9.47 Å². The summed E-state index contributed by atoms with van der Waals surface area (Å²) in [6, 6.07) is 0. The van der Waals surface area contributed by atoms with E-state index in [1.165, 1.54) is 0 Å². The van der Waals surface area contributed by atoms with Gasteiger partial charge in [-0.3, -0.25) is 4.79 Å². The van der Waals surface area contributed by atoms with Crippen LogP contribution in [0.3, 0.4) is 0 Å². The Kier molecular flexibility index (Phi) is 5.35. The smallest absolute Gasteiger partial charge is 0.249 e. The molecule has 0 aliphatic carbocycles. The molecule has 5 heteroatoms. The van der Waals surface area contributed by atoms with Crippen molar-refractivity contribution in [2.24, 2.45) is 5.41 Å². The average Bonchev–Trinajstić information content (AvgIpc) is 2.32. The van der Waals surface area contributed by atoms with Crippen LogP contribution in [0.25, 0.3) is 0 Å². The number of hydrogen-bond acceptors (Lipinski definition) is 4. The molecule has 1 amide bonds. The molecule has 0 radical (unpaired) electrons. The SMILES string of the molecule is CC[C@H](O)CCNC(=O)[C@@H]1OC(C)(C)OCC1(C)C. The fourth-order valence-corrected chi connectivity index (χ4v) is 1.98. The van der Waals surface area contributed by atoms with E-state index in [1.807, 2.05) is 34.6 Å². The molecule has 1 aliphatic rings. The van der Waals surface area contributed by atoms with Gasteiger partial charge in [-0.2, -0.15) is 0 Å². The largest absolute Gasteiger partial charge is 0.393 e. The van der Waals surface area contributed by atoms with Gasteiger partial charge in [-0.25, -0.2) is 0 Å². The van der Waals surface area contributed by atoms with Crippen molar-refractivity contribution < 1.29 is 19.4 Å². The van der Waals surface area contributed by atoms with Gasteiger partial charge in [-0.05, 0) is 26.7 Å². The van der Waals surface area contributed by atoms with Crippen molar-refractivity contribution in [3.63, 3.8) is 0 Å². The summed E-state index contributed by atoms with van der Waals surface area (Å²) in [4.78, 5) is 12.2. The molecule has 0 aromatic heterocycles. The zero-order chi connectivity index (χ0) is 14.7. The van der Waals surface area contributed by atoms with Crippen LogP contribution >= 0.6 is 0 Å². The van der Waals surface area contributed by atoms with Gasteiger partial charge < -0.3 is 19.9 Å². The van der Waals surface area contributed by atoms with Crippen LogP contribution in [0.2, 0.25) is 0 Å². The van der Waals surface area contributed by atoms with Crippen molar-refractivity contribution in [3.05, 3.63) is 0 Å². The molecule has 0 spiro atoms. The fourth-order valence-electron chi connectivity index (χ4n) is 1.98. The number of amides is 1. The second kappa shape index (κ2) is 6.20. The van der Waals surface area contributed by atoms with Crippen molar-refractivity contribution in [2.75, 3.05) is 13.2 Å². The Morgan fingerprint density at radius 3 is 2.63 bits per heavy atom. The highest BCUT2D eigenvalue weighted by atomic mass is 16.7. The molecule has 2 atom stereocenters. The topological polar surface area (TPSA) is 67.8 Å². The third-order valence-corrected chi connectivity index (χ3v) is 3.39. The first kappa shape index (κ1) is 16.4. The highest BCUT2D eigenvalue weighted by Gasteiger charge is 2.45. The predicted octanol–water partition coefficient (Wildman–Crippen LogP) is 1.44. The summed E-state index contributed by atoms with van der Waals surface area (Å²) in [5, 5.41) is 12.3. The van der Waals surface area contributed by atoms with E-state index < -0.39 is 11.9 Å². The lowest BCUT2D eigenvalue weighted by Crippen LogP contribution is -2.56. The Bertz CT molecular complexity index is 315. The second-order valence-electron chi connectivity index (χ2n) is 6.32. The molecular formula is C14H27NO4. The first-order valence-corrected chi connectivity index (χ1v) is 6.95. The molecule has 1 saturated heterocycles. The number of carbonyl (C=O) groups is 1. The molecule has 1 heterocycles. The number of hydrogen-bond donors (Lipinski definition) is 2. The molecule has 0 bridgehead atoms. The summed E-state index contributed by atoms with van der Waals surface area (Å²) in [5.74, 6) is -0.870. The molecule has 2 N–H and O–H groups in total. The minimum absolute atomic E-state index is 0.135. The van der Waals surface area contributed by atoms with Gasteiger partial charge in [0.05, 0.1) is 12.7 Å². The van der Waals surface area contributed by atoms with Crippen LogP contribution in [0.15, 0.2) is 0 Å². The van der Waals surface area contributed by atoms with Crippen LogP contribution in [-0.4, -0.2) is 42.2 Å². The van der Waals surface area contributed by atoms with E-state index in [0.29, 0.717) is 26.0 Å². The molecule has 1 fully saturated rings. The maximum absolute atomic E-state index is 12.2. The normalized spacial score (nSPS) is 26.7. The van der Waals surface area contributed by atoms with E-state index in [2.05, 4.69) is 5.32 Å². The van der Waals surface area contributed by atoms with Crippen LogP contribution in [0.4, 0.5) is 0 Å². The summed E-state index contributed by atoms with van der Waals surface area (Å²) in [6.07, 6.45) is 0.368. The van der Waals surface area contributed by atoms with Gasteiger partial charge in [0, 0.05) is 12.0 Å². The molecule has 112 valence electrons. The summed E-state index contributed by atoms with van der Waals surface area (Å²) < 4.78 is 11.3. The molecule has 0 aromatic rings. The monoisotopic (exact) mass is 273 g/mol. The lowest BCUT2D eigenvalue weighted by Gasteiger charge is -2.44. The van der Waals surface area contributed by atoms with E-state index in [-0.39, 0.29) is 17.4 Å². The Hall–Kier alpha value is -0.650. The van der Waals surface area contributed by atoms with E-state index in [1.54, 1.807) is 0 Å². The summed E-state index contributed by atoms with van der Waals surface area (Å²) in [6.45, 7) is 10.4. The molecule has 0 aromatic carbocycles. The van der Waals surface area contributed by atoms with Crippen molar-refractivity contribution in [3.8, 4) is 0 Å². The van der Waals surface area contributed by atoms with Crippen LogP contribution < -0.4 is 5.32 Å². The Morgan fingerprint density at radius 1 is 1.42 bits per heavy atom. The highest BCUT2D eigenvalue weighted by molar-refractivity contribution is 5.81. The molecule has 1 aliphatic heterocycles. The van der Waals surface area contributed by atoms with Gasteiger partial charge in [0.2, 0.25) is 5.91 Å². The molecule has 5 nitrogen and oxygen atoms in total.